The Labute approximate surface area is 137 Å². The number of hydrogen-bond acceptors (Lipinski definition) is 5. The Balaban J connectivity index is 1.46. The fraction of sp³-hybridized carbons (Fsp3) is 0.588. The molecule has 0 bridgehead atoms. The Kier molecular flexibility index (Phi) is 3.89. The zero-order chi connectivity index (χ0) is 15.6. The van der Waals surface area contributed by atoms with Crippen LogP contribution in [-0.4, -0.2) is 38.7 Å². The van der Waals surface area contributed by atoms with E-state index in [0.717, 1.165) is 43.0 Å². The summed E-state index contributed by atoms with van der Waals surface area (Å²) in [5.74, 6) is 3.91. The van der Waals surface area contributed by atoms with E-state index in [9.17, 15) is 0 Å². The maximum Gasteiger partial charge on any atom is 0.134 e. The summed E-state index contributed by atoms with van der Waals surface area (Å²) in [7, 11) is 0. The lowest BCUT2D eigenvalue weighted by Crippen LogP contribution is -2.33. The Hall–Kier alpha value is -2.11. The van der Waals surface area contributed by atoms with Crippen molar-refractivity contribution in [1.29, 1.82) is 0 Å². The average Bonchev–Trinajstić information content (AvgIpc) is 3.15. The van der Waals surface area contributed by atoms with Gasteiger partial charge in [-0.1, -0.05) is 0 Å². The first-order valence-corrected chi connectivity index (χ1v) is 8.60. The molecule has 1 aliphatic heterocycles. The van der Waals surface area contributed by atoms with Gasteiger partial charge < -0.3 is 14.8 Å². The van der Waals surface area contributed by atoms with Crippen LogP contribution in [0.4, 0.5) is 11.6 Å². The molecule has 3 heterocycles. The molecule has 2 fully saturated rings. The van der Waals surface area contributed by atoms with Crippen LogP contribution in [0.15, 0.2) is 24.8 Å². The van der Waals surface area contributed by atoms with E-state index < -0.39 is 0 Å². The molecule has 2 aromatic heterocycles. The van der Waals surface area contributed by atoms with Crippen molar-refractivity contribution < 1.29 is 0 Å². The first kappa shape index (κ1) is 14.5. The third kappa shape index (κ3) is 3.30. The van der Waals surface area contributed by atoms with E-state index in [4.69, 9.17) is 0 Å². The first-order valence-electron chi connectivity index (χ1n) is 8.60. The lowest BCUT2D eigenvalue weighted by molar-refractivity contribution is 0.538. The maximum atomic E-state index is 4.52. The lowest BCUT2D eigenvalue weighted by Gasteiger charge is -2.26. The van der Waals surface area contributed by atoms with Crippen molar-refractivity contribution in [2.45, 2.75) is 45.2 Å². The molecule has 6 heteroatoms. The fourth-order valence-corrected chi connectivity index (χ4v) is 3.32. The zero-order valence-corrected chi connectivity index (χ0v) is 13.6. The number of nitrogens with zero attached hydrogens (tertiary/aromatic N) is 5. The van der Waals surface area contributed by atoms with Gasteiger partial charge in [0.1, 0.15) is 23.8 Å². The molecule has 1 N–H and O–H groups in total. The van der Waals surface area contributed by atoms with Crippen molar-refractivity contribution in [2.24, 2.45) is 5.92 Å². The summed E-state index contributed by atoms with van der Waals surface area (Å²) < 4.78 is 2.23. The molecule has 0 unspecified atom stereocenters. The van der Waals surface area contributed by atoms with E-state index in [2.05, 4.69) is 48.9 Å². The highest BCUT2D eigenvalue weighted by atomic mass is 15.3. The van der Waals surface area contributed by atoms with Crippen LogP contribution in [0.1, 0.15) is 31.5 Å². The van der Waals surface area contributed by atoms with Crippen LogP contribution >= 0.6 is 0 Å². The first-order chi connectivity index (χ1) is 11.3. The highest BCUT2D eigenvalue weighted by Crippen LogP contribution is 2.30. The van der Waals surface area contributed by atoms with Crippen LogP contribution in [0.5, 0.6) is 0 Å². The number of nitrogens with one attached hydrogen (secondary N) is 1. The summed E-state index contributed by atoms with van der Waals surface area (Å²) in [6.45, 7) is 5.14. The van der Waals surface area contributed by atoms with E-state index in [0.29, 0.717) is 6.04 Å². The molecule has 0 aromatic carbocycles. The predicted molar refractivity (Wildman–Crippen MR) is 90.6 cm³/mol. The van der Waals surface area contributed by atoms with Gasteiger partial charge in [-0.15, -0.1) is 0 Å². The zero-order valence-electron chi connectivity index (χ0n) is 13.6. The number of aryl methyl sites for hydroxylation is 1. The van der Waals surface area contributed by atoms with Gasteiger partial charge in [0.15, 0.2) is 0 Å². The van der Waals surface area contributed by atoms with E-state index in [1.54, 1.807) is 6.33 Å². The topological polar surface area (TPSA) is 58.9 Å². The molecule has 2 aliphatic rings. The number of rotatable bonds is 6. The molecule has 2 aromatic rings. The molecular weight excluding hydrogens is 288 g/mol. The Morgan fingerprint density at radius 2 is 2.13 bits per heavy atom. The van der Waals surface area contributed by atoms with Gasteiger partial charge in [-0.2, -0.15) is 0 Å². The summed E-state index contributed by atoms with van der Waals surface area (Å²) in [5.41, 5.74) is 0. The van der Waals surface area contributed by atoms with E-state index in [1.165, 1.54) is 25.7 Å². The highest BCUT2D eigenvalue weighted by Gasteiger charge is 2.27. The summed E-state index contributed by atoms with van der Waals surface area (Å²) in [6.07, 6.45) is 10.7. The van der Waals surface area contributed by atoms with E-state index in [-0.39, 0.29) is 0 Å². The average molecular weight is 312 g/mol. The predicted octanol–water partition coefficient (Wildman–Crippen LogP) is 2.47. The van der Waals surface area contributed by atoms with Gasteiger partial charge in [0, 0.05) is 44.1 Å². The molecule has 23 heavy (non-hydrogen) atoms. The molecule has 0 amide bonds. The van der Waals surface area contributed by atoms with Crippen molar-refractivity contribution in [3.63, 3.8) is 0 Å². The highest BCUT2D eigenvalue weighted by molar-refractivity contribution is 5.49. The normalized spacial score (nSPS) is 20.9. The standard InChI is InChI=1S/C17H24N6/c1-13-18-6-8-22(13)11-15-3-2-7-23(15)17-9-16(20-12-21-17)19-10-14-4-5-14/h6,8-9,12,14-15H,2-5,7,10-11H2,1H3,(H,19,20,21)/t15-/m0/s1. The number of aromatic nitrogens is 4. The van der Waals surface area contributed by atoms with Crippen LogP contribution in [0.25, 0.3) is 0 Å². The third-order valence-electron chi connectivity index (χ3n) is 4.92. The minimum atomic E-state index is 0.481. The minimum Gasteiger partial charge on any atom is -0.370 e. The second-order valence-corrected chi connectivity index (χ2v) is 6.70. The second-order valence-electron chi connectivity index (χ2n) is 6.70. The molecule has 0 radical (unpaired) electrons. The van der Waals surface area contributed by atoms with Crippen LogP contribution < -0.4 is 10.2 Å². The Bertz CT molecular complexity index is 663. The molecule has 122 valence electrons. The summed E-state index contributed by atoms with van der Waals surface area (Å²) >= 11 is 0. The van der Waals surface area contributed by atoms with Gasteiger partial charge >= 0.3 is 0 Å². The summed E-state index contributed by atoms with van der Waals surface area (Å²) in [6, 6.07) is 2.58. The van der Waals surface area contributed by atoms with Gasteiger partial charge in [0.2, 0.25) is 0 Å². The largest absolute Gasteiger partial charge is 0.370 e. The summed E-state index contributed by atoms with van der Waals surface area (Å²) in [4.78, 5) is 15.6. The van der Waals surface area contributed by atoms with Crippen molar-refractivity contribution in [3.8, 4) is 0 Å². The van der Waals surface area contributed by atoms with E-state index in [1.807, 2.05) is 6.20 Å². The maximum absolute atomic E-state index is 4.52. The fourth-order valence-electron chi connectivity index (χ4n) is 3.32. The van der Waals surface area contributed by atoms with E-state index >= 15 is 0 Å². The molecule has 0 spiro atoms. The molecular formula is C17H24N6. The second kappa shape index (κ2) is 6.18. The van der Waals surface area contributed by atoms with Crippen LogP contribution in [0.2, 0.25) is 0 Å². The Morgan fingerprint density at radius 1 is 1.22 bits per heavy atom. The number of anilines is 2. The van der Waals surface area contributed by atoms with Gasteiger partial charge in [-0.05, 0) is 38.5 Å². The molecule has 1 saturated carbocycles. The van der Waals surface area contributed by atoms with Gasteiger partial charge in [-0.3, -0.25) is 0 Å². The molecule has 1 aliphatic carbocycles. The van der Waals surface area contributed by atoms with Crippen LogP contribution in [0.3, 0.4) is 0 Å². The number of hydrogen-bond donors (Lipinski definition) is 1. The monoisotopic (exact) mass is 312 g/mol. The minimum absolute atomic E-state index is 0.481. The molecule has 4 rings (SSSR count). The van der Waals surface area contributed by atoms with Crippen molar-refractivity contribution in [3.05, 3.63) is 30.6 Å². The Morgan fingerprint density at radius 3 is 2.91 bits per heavy atom. The molecule has 6 nitrogen and oxygen atoms in total. The smallest absolute Gasteiger partial charge is 0.134 e. The van der Waals surface area contributed by atoms with Gasteiger partial charge in [-0.25, -0.2) is 15.0 Å². The SMILES string of the molecule is Cc1nccn1C[C@@H]1CCCN1c1cc(NCC2CC2)ncn1. The van der Waals surface area contributed by atoms with Crippen molar-refractivity contribution in [1.82, 2.24) is 19.5 Å². The quantitative estimate of drug-likeness (QED) is 0.888. The van der Waals surface area contributed by atoms with Crippen molar-refractivity contribution >= 4 is 11.6 Å². The molecule has 1 saturated heterocycles. The summed E-state index contributed by atoms with van der Waals surface area (Å²) in [5, 5.41) is 3.45. The van der Waals surface area contributed by atoms with Gasteiger partial charge in [0.05, 0.1) is 0 Å². The number of imidazole rings is 1. The lowest BCUT2D eigenvalue weighted by atomic mass is 10.2. The van der Waals surface area contributed by atoms with Crippen LogP contribution in [0, 0.1) is 12.8 Å². The van der Waals surface area contributed by atoms with Gasteiger partial charge in [0.25, 0.3) is 0 Å². The molecule has 1 atom stereocenters. The third-order valence-corrected chi connectivity index (χ3v) is 4.92. The van der Waals surface area contributed by atoms with Crippen molar-refractivity contribution in [2.75, 3.05) is 23.3 Å². The van der Waals surface area contributed by atoms with Crippen LogP contribution in [-0.2, 0) is 6.54 Å².